The van der Waals surface area contributed by atoms with Crippen LogP contribution in [0.2, 0.25) is 0 Å². The molecule has 1 unspecified atom stereocenters. The summed E-state index contributed by atoms with van der Waals surface area (Å²) in [5.74, 6) is 1.04. The van der Waals surface area contributed by atoms with Crippen LogP contribution >= 0.6 is 0 Å². The van der Waals surface area contributed by atoms with Gasteiger partial charge < -0.3 is 10.1 Å². The van der Waals surface area contributed by atoms with Gasteiger partial charge in [0.25, 0.3) is 0 Å². The number of hydrogen-bond donors (Lipinski definition) is 1. The molecule has 1 aromatic heterocycles. The third-order valence-corrected chi connectivity index (χ3v) is 3.99. The van der Waals surface area contributed by atoms with Crippen molar-refractivity contribution in [2.45, 2.75) is 39.3 Å². The maximum Gasteiger partial charge on any atom is 0.122 e. The summed E-state index contributed by atoms with van der Waals surface area (Å²) < 4.78 is 7.68. The van der Waals surface area contributed by atoms with Crippen molar-refractivity contribution < 1.29 is 4.74 Å². The van der Waals surface area contributed by atoms with Gasteiger partial charge in [0.05, 0.1) is 18.3 Å². The Kier molecular flexibility index (Phi) is 4.25. The second-order valence-electron chi connectivity index (χ2n) is 5.42. The third-order valence-electron chi connectivity index (χ3n) is 3.99. The number of aromatic nitrogens is 2. The molecule has 0 amide bonds. The number of fused-ring (bicyclic) bond motifs is 1. The van der Waals surface area contributed by atoms with Crippen LogP contribution in [-0.2, 0) is 13.0 Å². The summed E-state index contributed by atoms with van der Waals surface area (Å²) in [6.07, 6.45) is 4.01. The molecule has 1 N–H and O–H groups in total. The lowest BCUT2D eigenvalue weighted by Gasteiger charge is -2.20. The molecule has 0 bridgehead atoms. The number of benzene rings is 1. The second kappa shape index (κ2) is 6.31. The summed E-state index contributed by atoms with van der Waals surface area (Å²) in [4.78, 5) is 0. The lowest BCUT2D eigenvalue weighted by Crippen LogP contribution is -2.25. The van der Waals surface area contributed by atoms with Gasteiger partial charge in [-0.25, -0.2) is 0 Å². The Morgan fingerprint density at radius 1 is 1.33 bits per heavy atom. The molecule has 1 atom stereocenters. The van der Waals surface area contributed by atoms with E-state index in [1.165, 1.54) is 16.8 Å². The zero-order chi connectivity index (χ0) is 14.7. The minimum absolute atomic E-state index is 0.193. The highest BCUT2D eigenvalue weighted by atomic mass is 16.5. The Labute approximate surface area is 126 Å². The van der Waals surface area contributed by atoms with Crippen LogP contribution in [0.15, 0.2) is 30.5 Å². The number of nitrogens with zero attached hydrogens (tertiary/aromatic N) is 2. The highest BCUT2D eigenvalue weighted by molar-refractivity contribution is 5.42. The molecule has 1 aromatic carbocycles. The molecular formula is C17H23N3O. The predicted octanol–water partition coefficient (Wildman–Crippen LogP) is 2.93. The molecule has 4 nitrogen and oxygen atoms in total. The van der Waals surface area contributed by atoms with E-state index in [1.807, 2.05) is 6.20 Å². The molecule has 4 heteroatoms. The lowest BCUT2D eigenvalue weighted by atomic mass is 10.00. The van der Waals surface area contributed by atoms with Crippen molar-refractivity contribution in [2.75, 3.05) is 13.2 Å². The number of aryl methyl sites for hydroxylation is 1. The van der Waals surface area contributed by atoms with E-state index in [0.29, 0.717) is 0 Å². The fourth-order valence-electron chi connectivity index (χ4n) is 2.92. The van der Waals surface area contributed by atoms with Crippen molar-refractivity contribution in [3.63, 3.8) is 0 Å². The van der Waals surface area contributed by atoms with Crippen LogP contribution in [0.5, 0.6) is 5.75 Å². The van der Waals surface area contributed by atoms with Crippen LogP contribution in [0.25, 0.3) is 0 Å². The largest absolute Gasteiger partial charge is 0.493 e. The summed E-state index contributed by atoms with van der Waals surface area (Å²) in [5.41, 5.74) is 3.84. The van der Waals surface area contributed by atoms with Crippen LogP contribution in [-0.4, -0.2) is 22.9 Å². The SMILES string of the molecule is CCCNC(c1ccc2c(c1)CCO2)c1ccnn1CC. The first-order valence-corrected chi connectivity index (χ1v) is 7.84. The molecule has 0 aliphatic carbocycles. The first-order chi connectivity index (χ1) is 10.3. The number of rotatable bonds is 6. The van der Waals surface area contributed by atoms with E-state index in [0.717, 1.165) is 38.3 Å². The van der Waals surface area contributed by atoms with Crippen molar-refractivity contribution in [2.24, 2.45) is 0 Å². The zero-order valence-electron chi connectivity index (χ0n) is 12.8. The van der Waals surface area contributed by atoms with Crippen molar-refractivity contribution in [3.05, 3.63) is 47.3 Å². The molecule has 21 heavy (non-hydrogen) atoms. The van der Waals surface area contributed by atoms with Gasteiger partial charge in [0.2, 0.25) is 0 Å². The second-order valence-corrected chi connectivity index (χ2v) is 5.42. The van der Waals surface area contributed by atoms with E-state index in [-0.39, 0.29) is 6.04 Å². The molecule has 0 spiro atoms. The van der Waals surface area contributed by atoms with Gasteiger partial charge in [0.1, 0.15) is 5.75 Å². The van der Waals surface area contributed by atoms with Crippen LogP contribution in [0.1, 0.15) is 43.1 Å². The summed E-state index contributed by atoms with van der Waals surface area (Å²) in [7, 11) is 0. The fraction of sp³-hybridized carbons (Fsp3) is 0.471. The van der Waals surface area contributed by atoms with E-state index >= 15 is 0 Å². The van der Waals surface area contributed by atoms with Gasteiger partial charge in [0, 0.05) is 19.2 Å². The van der Waals surface area contributed by atoms with Gasteiger partial charge in [-0.1, -0.05) is 19.1 Å². The zero-order valence-corrected chi connectivity index (χ0v) is 12.8. The molecule has 0 saturated heterocycles. The van der Waals surface area contributed by atoms with Crippen molar-refractivity contribution in [1.29, 1.82) is 0 Å². The summed E-state index contributed by atoms with van der Waals surface area (Å²) in [5, 5.41) is 8.07. The highest BCUT2D eigenvalue weighted by Gasteiger charge is 2.20. The molecule has 1 aliphatic rings. The van der Waals surface area contributed by atoms with Gasteiger partial charge in [-0.15, -0.1) is 0 Å². The van der Waals surface area contributed by atoms with Crippen LogP contribution in [0.3, 0.4) is 0 Å². The van der Waals surface area contributed by atoms with Gasteiger partial charge in [-0.3, -0.25) is 4.68 Å². The Hall–Kier alpha value is -1.81. The summed E-state index contributed by atoms with van der Waals surface area (Å²) in [6, 6.07) is 8.86. The Bertz CT molecular complexity index is 606. The smallest absolute Gasteiger partial charge is 0.122 e. The maximum atomic E-state index is 5.61. The Balaban J connectivity index is 1.95. The number of nitrogens with one attached hydrogen (secondary N) is 1. The summed E-state index contributed by atoms with van der Waals surface area (Å²) >= 11 is 0. The van der Waals surface area contributed by atoms with Crippen molar-refractivity contribution >= 4 is 0 Å². The molecular weight excluding hydrogens is 262 g/mol. The maximum absolute atomic E-state index is 5.61. The van der Waals surface area contributed by atoms with Gasteiger partial charge in [0.15, 0.2) is 0 Å². The van der Waals surface area contributed by atoms with E-state index in [4.69, 9.17) is 4.74 Å². The average Bonchev–Trinajstić information content (AvgIpc) is 3.15. The normalized spacial score (nSPS) is 14.8. The van der Waals surface area contributed by atoms with Crippen LogP contribution < -0.4 is 10.1 Å². The van der Waals surface area contributed by atoms with Gasteiger partial charge in [-0.2, -0.15) is 5.10 Å². The van der Waals surface area contributed by atoms with E-state index in [1.54, 1.807) is 0 Å². The molecule has 2 heterocycles. The molecule has 1 aliphatic heterocycles. The minimum atomic E-state index is 0.193. The predicted molar refractivity (Wildman–Crippen MR) is 83.7 cm³/mol. The Morgan fingerprint density at radius 3 is 3.05 bits per heavy atom. The van der Waals surface area contributed by atoms with Crippen LogP contribution in [0, 0.1) is 0 Å². The number of ether oxygens (including phenoxy) is 1. The molecule has 2 aromatic rings. The Morgan fingerprint density at radius 2 is 2.24 bits per heavy atom. The monoisotopic (exact) mass is 285 g/mol. The van der Waals surface area contributed by atoms with Gasteiger partial charge in [-0.05, 0) is 43.1 Å². The fourth-order valence-corrected chi connectivity index (χ4v) is 2.92. The van der Waals surface area contributed by atoms with Crippen molar-refractivity contribution in [1.82, 2.24) is 15.1 Å². The van der Waals surface area contributed by atoms with Crippen LogP contribution in [0.4, 0.5) is 0 Å². The molecule has 0 fully saturated rings. The topological polar surface area (TPSA) is 39.1 Å². The summed E-state index contributed by atoms with van der Waals surface area (Å²) in [6.45, 7) is 7.01. The number of hydrogen-bond acceptors (Lipinski definition) is 3. The molecule has 112 valence electrons. The molecule has 0 saturated carbocycles. The third kappa shape index (κ3) is 2.81. The van der Waals surface area contributed by atoms with E-state index in [9.17, 15) is 0 Å². The first-order valence-electron chi connectivity index (χ1n) is 7.84. The van der Waals surface area contributed by atoms with Crippen molar-refractivity contribution in [3.8, 4) is 5.75 Å². The highest BCUT2D eigenvalue weighted by Crippen LogP contribution is 2.30. The quantitative estimate of drug-likeness (QED) is 0.887. The average molecular weight is 285 g/mol. The first kappa shape index (κ1) is 14.1. The molecule has 0 radical (unpaired) electrons. The minimum Gasteiger partial charge on any atom is -0.493 e. The van der Waals surface area contributed by atoms with E-state index in [2.05, 4.69) is 53.2 Å². The standard InChI is InChI=1S/C17H23N3O/c1-3-9-18-17(15-7-10-19-20(15)4-2)14-5-6-16-13(12-14)8-11-21-16/h5-7,10,12,17-18H,3-4,8-9,11H2,1-2H3. The lowest BCUT2D eigenvalue weighted by molar-refractivity contribution is 0.356. The molecule has 3 rings (SSSR count). The van der Waals surface area contributed by atoms with E-state index < -0.39 is 0 Å². The van der Waals surface area contributed by atoms with Gasteiger partial charge >= 0.3 is 0 Å².